The highest BCUT2D eigenvalue weighted by molar-refractivity contribution is 5.83. The Kier molecular flexibility index (Phi) is 7.15. The Labute approximate surface area is 128 Å². The van der Waals surface area contributed by atoms with Gasteiger partial charge in [-0.3, -0.25) is 9.59 Å². The number of hydrogen-bond donors (Lipinski definition) is 2. The Morgan fingerprint density at radius 3 is 2.48 bits per heavy atom. The summed E-state index contributed by atoms with van der Waals surface area (Å²) in [6.07, 6.45) is 4.83. The molecule has 5 nitrogen and oxygen atoms in total. The summed E-state index contributed by atoms with van der Waals surface area (Å²) in [6.45, 7) is 7.84. The van der Waals surface area contributed by atoms with Crippen LogP contribution in [0.15, 0.2) is 0 Å². The topological polar surface area (TPSA) is 75.4 Å². The van der Waals surface area contributed by atoms with E-state index in [2.05, 4.69) is 5.32 Å². The minimum atomic E-state index is -0.435. The van der Waals surface area contributed by atoms with Gasteiger partial charge in [-0.05, 0) is 32.1 Å². The number of rotatable bonds is 7. The number of carbonyl (C=O) groups excluding carboxylic acids is 2. The van der Waals surface area contributed by atoms with Gasteiger partial charge in [-0.1, -0.05) is 20.8 Å². The summed E-state index contributed by atoms with van der Waals surface area (Å²) in [6, 6.07) is 0.0888. The Hall–Kier alpha value is -1.10. The molecule has 0 aliphatic carbocycles. The molecule has 0 aromatic heterocycles. The van der Waals surface area contributed by atoms with Crippen LogP contribution in [0.1, 0.15) is 59.3 Å². The summed E-state index contributed by atoms with van der Waals surface area (Å²) in [5, 5.41) is 3.05. The predicted molar refractivity (Wildman–Crippen MR) is 84.7 cm³/mol. The second-order valence-electron chi connectivity index (χ2n) is 6.10. The molecule has 1 heterocycles. The van der Waals surface area contributed by atoms with Crippen LogP contribution in [-0.2, 0) is 9.59 Å². The third-order valence-corrected chi connectivity index (χ3v) is 4.75. The van der Waals surface area contributed by atoms with Crippen LogP contribution < -0.4 is 11.1 Å². The van der Waals surface area contributed by atoms with E-state index in [-0.39, 0.29) is 17.9 Å². The van der Waals surface area contributed by atoms with Crippen molar-refractivity contribution in [2.75, 3.05) is 19.6 Å². The van der Waals surface area contributed by atoms with Crippen molar-refractivity contribution >= 4 is 11.8 Å². The fourth-order valence-corrected chi connectivity index (χ4v) is 3.07. The van der Waals surface area contributed by atoms with E-state index in [1.54, 1.807) is 0 Å². The molecule has 1 saturated heterocycles. The van der Waals surface area contributed by atoms with Crippen LogP contribution >= 0.6 is 0 Å². The van der Waals surface area contributed by atoms with Gasteiger partial charge in [0.2, 0.25) is 11.8 Å². The zero-order valence-corrected chi connectivity index (χ0v) is 13.8. The van der Waals surface area contributed by atoms with Gasteiger partial charge in [-0.15, -0.1) is 0 Å². The Bertz CT molecular complexity index is 345. The molecule has 0 aromatic carbocycles. The van der Waals surface area contributed by atoms with Crippen LogP contribution in [0.4, 0.5) is 0 Å². The van der Waals surface area contributed by atoms with Crippen LogP contribution in [0.3, 0.4) is 0 Å². The number of hydrogen-bond acceptors (Lipinski definition) is 3. The summed E-state index contributed by atoms with van der Waals surface area (Å²) in [5.41, 5.74) is 5.44. The van der Waals surface area contributed by atoms with Crippen molar-refractivity contribution in [3.05, 3.63) is 0 Å². The molecule has 0 radical (unpaired) electrons. The van der Waals surface area contributed by atoms with Crippen molar-refractivity contribution in [3.8, 4) is 0 Å². The Morgan fingerprint density at radius 1 is 1.29 bits per heavy atom. The third kappa shape index (κ3) is 4.43. The van der Waals surface area contributed by atoms with Gasteiger partial charge in [0.15, 0.2) is 0 Å². The standard InChI is InChI=1S/C16H31N3O2/c1-4-8-14(20)18-13-9-7-10-19(11-13)15(21)16(5-2,6-3)12-17/h13H,4-12,17H2,1-3H3,(H,18,20). The van der Waals surface area contributed by atoms with Gasteiger partial charge in [0.1, 0.15) is 0 Å². The molecule has 1 aliphatic heterocycles. The number of amides is 2. The number of nitrogens with two attached hydrogens (primary N) is 1. The largest absolute Gasteiger partial charge is 0.352 e. The summed E-state index contributed by atoms with van der Waals surface area (Å²) in [5.74, 6) is 0.248. The molecular weight excluding hydrogens is 266 g/mol. The maximum absolute atomic E-state index is 12.8. The van der Waals surface area contributed by atoms with E-state index in [4.69, 9.17) is 5.73 Å². The molecule has 3 N–H and O–H groups in total. The van der Waals surface area contributed by atoms with Crippen molar-refractivity contribution in [3.63, 3.8) is 0 Å². The predicted octanol–water partition coefficient (Wildman–Crippen LogP) is 1.66. The second kappa shape index (κ2) is 8.37. The van der Waals surface area contributed by atoms with Crippen molar-refractivity contribution in [2.45, 2.75) is 65.3 Å². The van der Waals surface area contributed by atoms with E-state index >= 15 is 0 Å². The van der Waals surface area contributed by atoms with Gasteiger partial charge in [0.25, 0.3) is 0 Å². The van der Waals surface area contributed by atoms with Gasteiger partial charge in [-0.2, -0.15) is 0 Å². The van der Waals surface area contributed by atoms with Crippen LogP contribution in [0.5, 0.6) is 0 Å². The molecule has 0 saturated carbocycles. The average Bonchev–Trinajstić information content (AvgIpc) is 2.50. The maximum Gasteiger partial charge on any atom is 0.230 e. The van der Waals surface area contributed by atoms with Crippen molar-refractivity contribution in [2.24, 2.45) is 11.1 Å². The maximum atomic E-state index is 12.8. The molecule has 1 rings (SSSR count). The molecule has 21 heavy (non-hydrogen) atoms. The van der Waals surface area contributed by atoms with Crippen LogP contribution in [-0.4, -0.2) is 42.4 Å². The smallest absolute Gasteiger partial charge is 0.230 e. The number of nitrogens with zero attached hydrogens (tertiary/aromatic N) is 1. The Balaban J connectivity index is 2.67. The Morgan fingerprint density at radius 2 is 1.95 bits per heavy atom. The number of carbonyl (C=O) groups is 2. The van der Waals surface area contributed by atoms with Crippen LogP contribution in [0.2, 0.25) is 0 Å². The highest BCUT2D eigenvalue weighted by atomic mass is 16.2. The molecular formula is C16H31N3O2. The first-order chi connectivity index (χ1) is 10.0. The lowest BCUT2D eigenvalue weighted by molar-refractivity contribution is -0.144. The number of likely N-dealkylation sites (tertiary alicyclic amines) is 1. The van der Waals surface area contributed by atoms with Gasteiger partial charge < -0.3 is 16.0 Å². The minimum Gasteiger partial charge on any atom is -0.352 e. The number of nitrogens with one attached hydrogen (secondary N) is 1. The summed E-state index contributed by atoms with van der Waals surface area (Å²) < 4.78 is 0. The van der Waals surface area contributed by atoms with E-state index in [0.29, 0.717) is 19.5 Å². The highest BCUT2D eigenvalue weighted by Crippen LogP contribution is 2.29. The molecule has 1 atom stereocenters. The molecule has 0 aromatic rings. The monoisotopic (exact) mass is 297 g/mol. The first-order valence-corrected chi connectivity index (χ1v) is 8.31. The molecule has 0 bridgehead atoms. The molecule has 0 spiro atoms. The van der Waals surface area contributed by atoms with Crippen molar-refractivity contribution in [1.29, 1.82) is 0 Å². The van der Waals surface area contributed by atoms with Gasteiger partial charge in [-0.25, -0.2) is 0 Å². The first-order valence-electron chi connectivity index (χ1n) is 8.31. The van der Waals surface area contributed by atoms with Gasteiger partial charge >= 0.3 is 0 Å². The summed E-state index contributed by atoms with van der Waals surface area (Å²) >= 11 is 0. The van der Waals surface area contributed by atoms with Crippen LogP contribution in [0.25, 0.3) is 0 Å². The molecule has 1 aliphatic rings. The molecule has 2 amide bonds. The zero-order valence-electron chi connectivity index (χ0n) is 13.8. The number of piperidine rings is 1. The van der Waals surface area contributed by atoms with E-state index < -0.39 is 5.41 Å². The van der Waals surface area contributed by atoms with E-state index in [1.165, 1.54) is 0 Å². The van der Waals surface area contributed by atoms with Crippen LogP contribution in [0, 0.1) is 5.41 Å². The average molecular weight is 297 g/mol. The lowest BCUT2D eigenvalue weighted by Crippen LogP contribution is -2.54. The quantitative estimate of drug-likeness (QED) is 0.750. The van der Waals surface area contributed by atoms with E-state index in [0.717, 1.165) is 38.6 Å². The molecule has 5 heteroatoms. The fourth-order valence-electron chi connectivity index (χ4n) is 3.07. The zero-order chi connectivity index (χ0) is 15.9. The van der Waals surface area contributed by atoms with Crippen molar-refractivity contribution < 1.29 is 9.59 Å². The fraction of sp³-hybridized carbons (Fsp3) is 0.875. The summed E-state index contributed by atoms with van der Waals surface area (Å²) in [7, 11) is 0. The molecule has 1 fully saturated rings. The third-order valence-electron chi connectivity index (χ3n) is 4.75. The SMILES string of the molecule is CCCC(=O)NC1CCCN(C(=O)C(CC)(CC)CN)C1. The van der Waals surface area contributed by atoms with Gasteiger partial charge in [0.05, 0.1) is 5.41 Å². The van der Waals surface area contributed by atoms with Crippen molar-refractivity contribution in [1.82, 2.24) is 10.2 Å². The summed E-state index contributed by atoms with van der Waals surface area (Å²) in [4.78, 5) is 26.4. The lowest BCUT2D eigenvalue weighted by Gasteiger charge is -2.39. The van der Waals surface area contributed by atoms with E-state index in [1.807, 2.05) is 25.7 Å². The minimum absolute atomic E-state index is 0.0888. The highest BCUT2D eigenvalue weighted by Gasteiger charge is 2.38. The first kappa shape index (κ1) is 18.0. The molecule has 122 valence electrons. The van der Waals surface area contributed by atoms with Gasteiger partial charge in [0, 0.05) is 32.1 Å². The van der Waals surface area contributed by atoms with E-state index in [9.17, 15) is 9.59 Å². The normalized spacial score (nSPS) is 19.4. The second-order valence-corrected chi connectivity index (χ2v) is 6.10. The lowest BCUT2D eigenvalue weighted by atomic mass is 9.80. The molecule has 1 unspecified atom stereocenters.